The van der Waals surface area contributed by atoms with E-state index in [1.807, 2.05) is 37.3 Å². The van der Waals surface area contributed by atoms with Gasteiger partial charge >= 0.3 is 6.03 Å². The number of hydrogen-bond acceptors (Lipinski definition) is 5. The monoisotopic (exact) mass is 397 g/mol. The molecule has 4 N–H and O–H groups in total. The Morgan fingerprint density at radius 2 is 1.64 bits per heavy atom. The van der Waals surface area contributed by atoms with E-state index in [4.69, 9.17) is 9.94 Å². The molecule has 8 heteroatoms. The molecule has 0 bridgehead atoms. The first kappa shape index (κ1) is 19.4. The van der Waals surface area contributed by atoms with Gasteiger partial charge in [0.15, 0.2) is 0 Å². The molecule has 3 amide bonds. The van der Waals surface area contributed by atoms with Gasteiger partial charge < -0.3 is 15.4 Å². The normalized spacial score (nSPS) is 11.4. The van der Waals surface area contributed by atoms with Crippen LogP contribution in [0.5, 0.6) is 11.5 Å². The van der Waals surface area contributed by atoms with Crippen molar-refractivity contribution in [2.75, 3.05) is 5.32 Å². The maximum Gasteiger partial charge on any atom is 0.319 e. The molecule has 1 aromatic heterocycles. The SMILES string of the molecule is CC(NC(=O)Nc1ccc(Oc2ccccc2)cc1)c1ccc(C(=O)NO)s1. The number of hydrogen-bond donors (Lipinski definition) is 4. The average molecular weight is 397 g/mol. The van der Waals surface area contributed by atoms with Crippen molar-refractivity contribution >= 4 is 29.0 Å². The minimum atomic E-state index is -0.578. The van der Waals surface area contributed by atoms with E-state index < -0.39 is 5.91 Å². The summed E-state index contributed by atoms with van der Waals surface area (Å²) in [5.41, 5.74) is 2.21. The number of para-hydroxylation sites is 1. The van der Waals surface area contributed by atoms with Gasteiger partial charge in [-0.15, -0.1) is 11.3 Å². The first-order valence-corrected chi connectivity index (χ1v) is 9.31. The summed E-state index contributed by atoms with van der Waals surface area (Å²) in [6.07, 6.45) is 0. The summed E-state index contributed by atoms with van der Waals surface area (Å²) in [7, 11) is 0. The van der Waals surface area contributed by atoms with Gasteiger partial charge in [0.1, 0.15) is 11.5 Å². The molecule has 3 aromatic rings. The average Bonchev–Trinajstić information content (AvgIpc) is 3.20. The molecule has 0 saturated heterocycles. The summed E-state index contributed by atoms with van der Waals surface area (Å²) in [5, 5.41) is 14.2. The summed E-state index contributed by atoms with van der Waals surface area (Å²) in [4.78, 5) is 24.7. The topological polar surface area (TPSA) is 99.7 Å². The van der Waals surface area contributed by atoms with Gasteiger partial charge in [0.05, 0.1) is 10.9 Å². The second-order valence-electron chi connectivity index (χ2n) is 5.90. The van der Waals surface area contributed by atoms with Crippen LogP contribution in [0.2, 0.25) is 0 Å². The Balaban J connectivity index is 1.54. The number of amides is 3. The molecule has 1 atom stereocenters. The highest BCUT2D eigenvalue weighted by atomic mass is 32.1. The lowest BCUT2D eigenvalue weighted by atomic mass is 10.2. The minimum absolute atomic E-state index is 0.300. The van der Waals surface area contributed by atoms with Gasteiger partial charge in [0, 0.05) is 10.6 Å². The summed E-state index contributed by atoms with van der Waals surface area (Å²) < 4.78 is 5.71. The van der Waals surface area contributed by atoms with E-state index in [0.717, 1.165) is 10.6 Å². The molecule has 0 aliphatic rings. The molecule has 0 saturated carbocycles. The number of hydroxylamine groups is 1. The van der Waals surface area contributed by atoms with Crippen molar-refractivity contribution in [2.24, 2.45) is 0 Å². The van der Waals surface area contributed by atoms with Crippen LogP contribution in [0.25, 0.3) is 0 Å². The predicted molar refractivity (Wildman–Crippen MR) is 107 cm³/mol. The van der Waals surface area contributed by atoms with Crippen LogP contribution >= 0.6 is 11.3 Å². The highest BCUT2D eigenvalue weighted by molar-refractivity contribution is 7.14. The molecule has 2 aromatic carbocycles. The molecule has 1 unspecified atom stereocenters. The first-order chi connectivity index (χ1) is 13.5. The molecule has 3 rings (SSSR count). The fourth-order valence-corrected chi connectivity index (χ4v) is 3.33. The van der Waals surface area contributed by atoms with Crippen molar-refractivity contribution < 1.29 is 19.5 Å². The fourth-order valence-electron chi connectivity index (χ4n) is 2.43. The molecule has 0 fully saturated rings. The molecule has 144 valence electrons. The third kappa shape index (κ3) is 5.09. The predicted octanol–water partition coefficient (Wildman–Crippen LogP) is 4.54. The van der Waals surface area contributed by atoms with E-state index in [9.17, 15) is 9.59 Å². The Bertz CT molecular complexity index is 942. The van der Waals surface area contributed by atoms with E-state index in [0.29, 0.717) is 16.3 Å². The highest BCUT2D eigenvalue weighted by Gasteiger charge is 2.14. The van der Waals surface area contributed by atoms with Gasteiger partial charge in [-0.1, -0.05) is 18.2 Å². The van der Waals surface area contributed by atoms with E-state index in [-0.39, 0.29) is 12.1 Å². The molecule has 28 heavy (non-hydrogen) atoms. The highest BCUT2D eigenvalue weighted by Crippen LogP contribution is 2.24. The number of urea groups is 1. The smallest absolute Gasteiger partial charge is 0.319 e. The van der Waals surface area contributed by atoms with Gasteiger partial charge in [-0.3, -0.25) is 10.0 Å². The number of nitrogens with one attached hydrogen (secondary N) is 3. The van der Waals surface area contributed by atoms with Crippen molar-refractivity contribution in [3.8, 4) is 11.5 Å². The standard InChI is InChI=1S/C20H19N3O4S/c1-13(17-11-12-18(28-17)19(24)23-26)21-20(25)22-14-7-9-16(10-8-14)27-15-5-3-2-4-6-15/h2-13,26H,1H3,(H,23,24)(H2,21,22,25). The fraction of sp³-hybridized carbons (Fsp3) is 0.100. The molecule has 0 radical (unpaired) electrons. The maximum absolute atomic E-state index is 12.2. The Morgan fingerprint density at radius 1 is 0.964 bits per heavy atom. The van der Waals surface area contributed by atoms with Crippen LogP contribution in [0.4, 0.5) is 10.5 Å². The van der Waals surface area contributed by atoms with E-state index in [2.05, 4.69) is 10.6 Å². The number of ether oxygens (including phenoxy) is 1. The van der Waals surface area contributed by atoms with Gasteiger partial charge in [-0.25, -0.2) is 10.3 Å². The van der Waals surface area contributed by atoms with Crippen molar-refractivity contribution in [1.29, 1.82) is 0 Å². The summed E-state index contributed by atoms with van der Waals surface area (Å²) >= 11 is 1.19. The van der Waals surface area contributed by atoms with Gasteiger partial charge in [-0.2, -0.15) is 0 Å². The lowest BCUT2D eigenvalue weighted by Crippen LogP contribution is -2.30. The lowest BCUT2D eigenvalue weighted by molar-refractivity contribution is 0.0711. The Labute approximate surface area is 165 Å². The van der Waals surface area contributed by atoms with Crippen LogP contribution in [0.1, 0.15) is 27.5 Å². The van der Waals surface area contributed by atoms with Crippen LogP contribution in [0, 0.1) is 0 Å². The number of rotatable bonds is 6. The van der Waals surface area contributed by atoms with Crippen LogP contribution in [0.3, 0.4) is 0 Å². The van der Waals surface area contributed by atoms with Crippen LogP contribution in [0.15, 0.2) is 66.7 Å². The molecular formula is C20H19N3O4S. The molecule has 0 aliphatic carbocycles. The van der Waals surface area contributed by atoms with Gasteiger partial charge in [0.2, 0.25) is 0 Å². The zero-order valence-corrected chi connectivity index (χ0v) is 15.8. The van der Waals surface area contributed by atoms with E-state index in [1.54, 1.807) is 41.9 Å². The number of benzene rings is 2. The Morgan fingerprint density at radius 3 is 2.32 bits per heavy atom. The second kappa shape index (κ2) is 9.03. The number of thiophene rings is 1. The summed E-state index contributed by atoms with van der Waals surface area (Å²) in [6.45, 7) is 1.81. The van der Waals surface area contributed by atoms with Gasteiger partial charge in [-0.05, 0) is 55.5 Å². The number of anilines is 1. The van der Waals surface area contributed by atoms with Crippen molar-refractivity contribution in [3.63, 3.8) is 0 Å². The number of carbonyl (C=O) groups is 2. The molecule has 1 heterocycles. The van der Waals surface area contributed by atoms with Crippen molar-refractivity contribution in [1.82, 2.24) is 10.8 Å². The maximum atomic E-state index is 12.2. The van der Waals surface area contributed by atoms with Crippen LogP contribution < -0.4 is 20.9 Å². The summed E-state index contributed by atoms with van der Waals surface area (Å²) in [5.74, 6) is 0.824. The molecule has 7 nitrogen and oxygen atoms in total. The molecular weight excluding hydrogens is 378 g/mol. The largest absolute Gasteiger partial charge is 0.457 e. The zero-order valence-electron chi connectivity index (χ0n) is 15.0. The zero-order chi connectivity index (χ0) is 19.9. The van der Waals surface area contributed by atoms with Crippen molar-refractivity contribution in [3.05, 3.63) is 76.5 Å². The lowest BCUT2D eigenvalue weighted by Gasteiger charge is -2.13. The molecule has 0 spiro atoms. The van der Waals surface area contributed by atoms with Crippen LogP contribution in [-0.4, -0.2) is 17.1 Å². The van der Waals surface area contributed by atoms with Gasteiger partial charge in [0.25, 0.3) is 5.91 Å². The third-order valence-electron chi connectivity index (χ3n) is 3.82. The van der Waals surface area contributed by atoms with E-state index >= 15 is 0 Å². The first-order valence-electron chi connectivity index (χ1n) is 8.50. The Kier molecular flexibility index (Phi) is 6.25. The number of carbonyl (C=O) groups excluding carboxylic acids is 2. The Hall–Kier alpha value is -3.36. The quantitative estimate of drug-likeness (QED) is 0.362. The van der Waals surface area contributed by atoms with E-state index in [1.165, 1.54) is 11.3 Å². The second-order valence-corrected chi connectivity index (χ2v) is 7.02. The summed E-state index contributed by atoms with van der Waals surface area (Å²) in [6, 6.07) is 19.1. The molecule has 0 aliphatic heterocycles. The minimum Gasteiger partial charge on any atom is -0.457 e. The van der Waals surface area contributed by atoms with Crippen molar-refractivity contribution in [2.45, 2.75) is 13.0 Å². The third-order valence-corrected chi connectivity index (χ3v) is 5.08. The van der Waals surface area contributed by atoms with Crippen LogP contribution in [-0.2, 0) is 0 Å².